The average Bonchev–Trinajstić information content (AvgIpc) is 2.10. The first kappa shape index (κ1) is 10.7. The highest BCUT2D eigenvalue weighted by Crippen LogP contribution is 2.12. The van der Waals surface area contributed by atoms with Gasteiger partial charge in [-0.1, -0.05) is 0 Å². The van der Waals surface area contributed by atoms with Crippen LogP contribution >= 0.6 is 11.6 Å². The summed E-state index contributed by atoms with van der Waals surface area (Å²) in [6.45, 7) is 2.30. The lowest BCUT2D eigenvalue weighted by Gasteiger charge is -2.06. The lowest BCUT2D eigenvalue weighted by Crippen LogP contribution is -2.16. The second kappa shape index (κ2) is 4.76. The van der Waals surface area contributed by atoms with E-state index >= 15 is 0 Å². The van der Waals surface area contributed by atoms with Crippen LogP contribution < -0.4 is 11.1 Å². The molecule has 0 aliphatic rings. The van der Waals surface area contributed by atoms with Crippen LogP contribution in [0.25, 0.3) is 0 Å². The zero-order valence-electron chi connectivity index (χ0n) is 7.75. The smallest absolute Gasteiger partial charge is 0.224 e. The second-order valence-electron chi connectivity index (χ2n) is 2.81. The summed E-state index contributed by atoms with van der Waals surface area (Å²) in [5.41, 5.74) is 5.86. The molecule has 1 rings (SSSR count). The third kappa shape index (κ3) is 3.18. The largest absolute Gasteiger partial charge is 0.370 e. The van der Waals surface area contributed by atoms with Crippen molar-refractivity contribution in [3.63, 3.8) is 0 Å². The molecule has 0 aliphatic carbocycles. The molecule has 0 fully saturated rings. The summed E-state index contributed by atoms with van der Waals surface area (Å²) in [5, 5.41) is 3.13. The zero-order chi connectivity index (χ0) is 10.6. The summed E-state index contributed by atoms with van der Waals surface area (Å²) in [6.07, 6.45) is 1.88. The van der Waals surface area contributed by atoms with Gasteiger partial charge in [-0.15, -0.1) is 0 Å². The molecule has 3 N–H and O–H groups in total. The van der Waals surface area contributed by atoms with Crippen molar-refractivity contribution in [2.45, 2.75) is 13.3 Å². The molecular formula is C8H11ClN4O. The van der Waals surface area contributed by atoms with Crippen LogP contribution in [0.2, 0.25) is 5.28 Å². The zero-order valence-corrected chi connectivity index (χ0v) is 8.51. The quantitative estimate of drug-likeness (QED) is 0.724. The number of nitrogens with one attached hydrogen (secondary N) is 1. The number of hydrogen-bond donors (Lipinski definition) is 2. The number of rotatable bonds is 4. The number of amides is 1. The standard InChI is InChI=1S/C8H11ClN4O/c1-5-4-12-8(9)13-7(5)11-3-2-6(10)14/h4H,2-3H2,1H3,(H2,10,14)(H,11,12,13). The van der Waals surface area contributed by atoms with Crippen molar-refractivity contribution in [3.8, 4) is 0 Å². The highest BCUT2D eigenvalue weighted by Gasteiger charge is 2.01. The van der Waals surface area contributed by atoms with E-state index in [1.807, 2.05) is 6.92 Å². The predicted molar refractivity (Wildman–Crippen MR) is 54.1 cm³/mol. The number of nitrogens with zero attached hydrogens (tertiary/aromatic N) is 2. The van der Waals surface area contributed by atoms with E-state index in [-0.39, 0.29) is 17.6 Å². The number of aryl methyl sites for hydroxylation is 1. The molecule has 0 saturated heterocycles. The van der Waals surface area contributed by atoms with E-state index in [1.54, 1.807) is 6.20 Å². The van der Waals surface area contributed by atoms with E-state index in [0.29, 0.717) is 12.4 Å². The molecule has 1 heterocycles. The Morgan fingerprint density at radius 2 is 2.43 bits per heavy atom. The van der Waals surface area contributed by atoms with Gasteiger partial charge in [-0.25, -0.2) is 9.97 Å². The minimum absolute atomic E-state index is 0.178. The van der Waals surface area contributed by atoms with Crippen LogP contribution in [0.3, 0.4) is 0 Å². The third-order valence-electron chi connectivity index (χ3n) is 1.61. The second-order valence-corrected chi connectivity index (χ2v) is 3.15. The maximum atomic E-state index is 10.5. The molecule has 1 amide bonds. The molecule has 6 heteroatoms. The Kier molecular flexibility index (Phi) is 3.64. The lowest BCUT2D eigenvalue weighted by atomic mass is 10.3. The first-order valence-corrected chi connectivity index (χ1v) is 4.48. The van der Waals surface area contributed by atoms with Crippen molar-refractivity contribution in [3.05, 3.63) is 17.0 Å². The van der Waals surface area contributed by atoms with Gasteiger partial charge in [0.1, 0.15) is 5.82 Å². The monoisotopic (exact) mass is 214 g/mol. The van der Waals surface area contributed by atoms with Crippen molar-refractivity contribution in [2.24, 2.45) is 5.73 Å². The Balaban J connectivity index is 2.57. The van der Waals surface area contributed by atoms with E-state index < -0.39 is 0 Å². The predicted octanol–water partition coefficient (Wildman–Crippen LogP) is 0.726. The van der Waals surface area contributed by atoms with Crippen LogP contribution in [0.5, 0.6) is 0 Å². The number of primary amides is 1. The Bertz CT molecular complexity index is 342. The normalized spacial score (nSPS) is 9.86. The van der Waals surface area contributed by atoms with Gasteiger partial charge in [-0.3, -0.25) is 4.79 Å². The fourth-order valence-corrected chi connectivity index (χ4v) is 1.04. The molecule has 1 aromatic heterocycles. The van der Waals surface area contributed by atoms with Crippen LogP contribution in [0.1, 0.15) is 12.0 Å². The SMILES string of the molecule is Cc1cnc(Cl)nc1NCCC(N)=O. The van der Waals surface area contributed by atoms with Gasteiger partial charge in [0.15, 0.2) is 0 Å². The molecule has 0 aliphatic heterocycles. The van der Waals surface area contributed by atoms with Crippen molar-refractivity contribution in [1.82, 2.24) is 9.97 Å². The van der Waals surface area contributed by atoms with Crippen molar-refractivity contribution < 1.29 is 4.79 Å². The van der Waals surface area contributed by atoms with Gasteiger partial charge in [0.05, 0.1) is 0 Å². The van der Waals surface area contributed by atoms with Gasteiger partial charge in [0, 0.05) is 24.7 Å². The van der Waals surface area contributed by atoms with Gasteiger partial charge in [-0.05, 0) is 18.5 Å². The fraction of sp³-hybridized carbons (Fsp3) is 0.375. The first-order valence-electron chi connectivity index (χ1n) is 4.11. The van der Waals surface area contributed by atoms with Crippen molar-refractivity contribution >= 4 is 23.3 Å². The minimum Gasteiger partial charge on any atom is -0.370 e. The van der Waals surface area contributed by atoms with Crippen LogP contribution in [0, 0.1) is 6.92 Å². The number of aromatic nitrogens is 2. The summed E-state index contributed by atoms with van der Waals surface area (Å²) >= 11 is 5.60. The van der Waals surface area contributed by atoms with Gasteiger partial charge >= 0.3 is 0 Å². The molecular weight excluding hydrogens is 204 g/mol. The molecule has 0 aromatic carbocycles. The minimum atomic E-state index is -0.352. The summed E-state index contributed by atoms with van der Waals surface area (Å²) < 4.78 is 0. The maximum Gasteiger partial charge on any atom is 0.224 e. The Morgan fingerprint density at radius 3 is 3.07 bits per heavy atom. The summed E-state index contributed by atoms with van der Waals surface area (Å²) in [4.78, 5) is 18.2. The molecule has 0 atom stereocenters. The van der Waals surface area contributed by atoms with Crippen LogP contribution in [0.4, 0.5) is 5.82 Å². The number of halogens is 1. The highest BCUT2D eigenvalue weighted by atomic mass is 35.5. The molecule has 0 unspecified atom stereocenters. The van der Waals surface area contributed by atoms with E-state index in [2.05, 4.69) is 15.3 Å². The number of carbonyl (C=O) groups is 1. The molecule has 1 aromatic rings. The van der Waals surface area contributed by atoms with Gasteiger partial charge < -0.3 is 11.1 Å². The average molecular weight is 215 g/mol. The maximum absolute atomic E-state index is 10.5. The molecule has 0 saturated carbocycles. The molecule has 76 valence electrons. The molecule has 14 heavy (non-hydrogen) atoms. The summed E-state index contributed by atoms with van der Waals surface area (Å²) in [6, 6.07) is 0. The molecule has 5 nitrogen and oxygen atoms in total. The van der Waals surface area contributed by atoms with Crippen LogP contribution in [-0.4, -0.2) is 22.4 Å². The third-order valence-corrected chi connectivity index (χ3v) is 1.79. The van der Waals surface area contributed by atoms with E-state index in [9.17, 15) is 4.79 Å². The Hall–Kier alpha value is -1.36. The topological polar surface area (TPSA) is 80.9 Å². The number of anilines is 1. The van der Waals surface area contributed by atoms with Crippen molar-refractivity contribution in [2.75, 3.05) is 11.9 Å². The Labute approximate surface area is 86.7 Å². The van der Waals surface area contributed by atoms with Gasteiger partial charge in [0.2, 0.25) is 11.2 Å². The molecule has 0 radical (unpaired) electrons. The summed E-state index contributed by atoms with van der Waals surface area (Å²) in [5.74, 6) is 0.279. The Morgan fingerprint density at radius 1 is 1.71 bits per heavy atom. The van der Waals surface area contributed by atoms with E-state index in [1.165, 1.54) is 0 Å². The molecule has 0 spiro atoms. The number of hydrogen-bond acceptors (Lipinski definition) is 4. The van der Waals surface area contributed by atoms with Crippen LogP contribution in [0.15, 0.2) is 6.20 Å². The first-order chi connectivity index (χ1) is 6.59. The van der Waals surface area contributed by atoms with Crippen molar-refractivity contribution in [1.29, 1.82) is 0 Å². The van der Waals surface area contributed by atoms with Gasteiger partial charge in [-0.2, -0.15) is 0 Å². The number of nitrogens with two attached hydrogens (primary N) is 1. The van der Waals surface area contributed by atoms with E-state index in [4.69, 9.17) is 17.3 Å². The molecule has 0 bridgehead atoms. The van der Waals surface area contributed by atoms with E-state index in [0.717, 1.165) is 5.56 Å². The van der Waals surface area contributed by atoms with Gasteiger partial charge in [0.25, 0.3) is 0 Å². The van der Waals surface area contributed by atoms with Crippen LogP contribution in [-0.2, 0) is 4.79 Å². The fourth-order valence-electron chi connectivity index (χ4n) is 0.904. The number of carbonyl (C=O) groups excluding carboxylic acids is 1. The summed E-state index contributed by atoms with van der Waals surface area (Å²) in [7, 11) is 0. The highest BCUT2D eigenvalue weighted by molar-refractivity contribution is 6.28. The lowest BCUT2D eigenvalue weighted by molar-refractivity contribution is -0.117.